The van der Waals surface area contributed by atoms with Crippen LogP contribution < -0.4 is 22.4 Å². The van der Waals surface area contributed by atoms with Crippen LogP contribution in [0.25, 0.3) is 0 Å². The van der Waals surface area contributed by atoms with Gasteiger partial charge in [-0.15, -0.1) is 4.09 Å². The summed E-state index contributed by atoms with van der Waals surface area (Å²) in [6, 6.07) is 0. The quantitative estimate of drug-likeness (QED) is 0.546. The maximum absolute atomic E-state index is 10.9. The highest BCUT2D eigenvalue weighted by molar-refractivity contribution is 6.14. The van der Waals surface area contributed by atoms with Crippen molar-refractivity contribution < 1.29 is 0 Å². The predicted octanol–water partition coefficient (Wildman–Crippen LogP) is -1.70. The van der Waals surface area contributed by atoms with E-state index in [1.807, 2.05) is 0 Å². The molecule has 1 heterocycles. The molecular formula is C5H8ClN5O2. The van der Waals surface area contributed by atoms with Crippen LogP contribution in [0.4, 0.5) is 5.95 Å². The topological polar surface area (TPSA) is 106 Å². The van der Waals surface area contributed by atoms with Crippen molar-refractivity contribution >= 4 is 17.7 Å². The number of halogens is 1. The van der Waals surface area contributed by atoms with Gasteiger partial charge in [-0.2, -0.15) is 4.98 Å². The molecular weight excluding hydrogens is 198 g/mol. The van der Waals surface area contributed by atoms with E-state index < -0.39 is 11.4 Å². The molecule has 1 aromatic rings. The van der Waals surface area contributed by atoms with Crippen molar-refractivity contribution in [2.75, 3.05) is 18.4 Å². The summed E-state index contributed by atoms with van der Waals surface area (Å²) in [6.07, 6.45) is 0. The summed E-state index contributed by atoms with van der Waals surface area (Å²) in [7, 11) is 0. The van der Waals surface area contributed by atoms with Crippen LogP contribution in [0, 0.1) is 0 Å². The second kappa shape index (κ2) is 4.06. The molecule has 13 heavy (non-hydrogen) atoms. The SMILES string of the molecule is NCCNc1nc(=O)n(Cl)c(=O)[nH]1. The monoisotopic (exact) mass is 205 g/mol. The number of nitrogens with two attached hydrogens (primary N) is 1. The zero-order valence-corrected chi connectivity index (χ0v) is 7.34. The second-order valence-corrected chi connectivity index (χ2v) is 2.51. The Balaban J connectivity index is 3.00. The van der Waals surface area contributed by atoms with Gasteiger partial charge in [0.15, 0.2) is 0 Å². The molecule has 0 amide bonds. The van der Waals surface area contributed by atoms with Crippen molar-refractivity contribution in [3.8, 4) is 0 Å². The standard InChI is InChI=1S/C5H8ClN5O2/c6-11-4(12)9-3(8-2-1-7)10-5(11)13/h1-2,7H2,(H2,8,9,10,12,13). The zero-order chi connectivity index (χ0) is 9.84. The molecule has 72 valence electrons. The lowest BCUT2D eigenvalue weighted by atomic mass is 10.6. The van der Waals surface area contributed by atoms with Crippen molar-refractivity contribution in [3.63, 3.8) is 0 Å². The predicted molar refractivity (Wildman–Crippen MR) is 47.9 cm³/mol. The van der Waals surface area contributed by atoms with E-state index in [1.54, 1.807) is 0 Å². The molecule has 0 fully saturated rings. The number of aromatic amines is 1. The van der Waals surface area contributed by atoms with Gasteiger partial charge < -0.3 is 11.1 Å². The summed E-state index contributed by atoms with van der Waals surface area (Å²) in [4.78, 5) is 27.4. The Labute approximate surface area is 77.7 Å². The van der Waals surface area contributed by atoms with Crippen molar-refractivity contribution in [1.82, 2.24) is 14.1 Å². The van der Waals surface area contributed by atoms with E-state index in [4.69, 9.17) is 17.5 Å². The van der Waals surface area contributed by atoms with Gasteiger partial charge >= 0.3 is 11.4 Å². The molecule has 4 N–H and O–H groups in total. The third-order valence-electron chi connectivity index (χ3n) is 1.22. The van der Waals surface area contributed by atoms with Crippen LogP contribution in [0.5, 0.6) is 0 Å². The minimum absolute atomic E-state index is 0.0670. The van der Waals surface area contributed by atoms with Crippen LogP contribution in [0.3, 0.4) is 0 Å². The number of H-pyrrole nitrogens is 1. The fourth-order valence-corrected chi connectivity index (χ4v) is 0.759. The number of rotatable bonds is 3. The molecule has 0 saturated heterocycles. The number of nitrogens with zero attached hydrogens (tertiary/aromatic N) is 2. The normalized spacial score (nSPS) is 10.0. The summed E-state index contributed by atoms with van der Waals surface area (Å²) in [5.74, 6) is 0.0670. The van der Waals surface area contributed by atoms with Gasteiger partial charge in [-0.3, -0.25) is 4.98 Å². The molecule has 0 bridgehead atoms. The van der Waals surface area contributed by atoms with Crippen LogP contribution in [0.15, 0.2) is 9.59 Å². The maximum atomic E-state index is 10.9. The molecule has 1 aromatic heterocycles. The van der Waals surface area contributed by atoms with Gasteiger partial charge in [-0.05, 0) is 0 Å². The molecule has 0 aliphatic rings. The molecule has 0 saturated carbocycles. The highest BCUT2D eigenvalue weighted by Gasteiger charge is 2.01. The minimum atomic E-state index is -0.829. The number of anilines is 1. The van der Waals surface area contributed by atoms with Gasteiger partial charge in [0, 0.05) is 24.9 Å². The van der Waals surface area contributed by atoms with E-state index >= 15 is 0 Å². The Kier molecular flexibility index (Phi) is 3.04. The van der Waals surface area contributed by atoms with Crippen LogP contribution in [-0.2, 0) is 0 Å². The van der Waals surface area contributed by atoms with Crippen molar-refractivity contribution in [2.45, 2.75) is 0 Å². The molecule has 0 radical (unpaired) electrons. The first kappa shape index (κ1) is 9.75. The maximum Gasteiger partial charge on any atom is 0.370 e. The Bertz CT molecular complexity index is 365. The van der Waals surface area contributed by atoms with Gasteiger partial charge in [-0.25, -0.2) is 9.59 Å². The lowest BCUT2D eigenvalue weighted by molar-refractivity contribution is 0.869. The van der Waals surface area contributed by atoms with E-state index in [1.165, 1.54) is 0 Å². The minimum Gasteiger partial charge on any atom is -0.354 e. The summed E-state index contributed by atoms with van der Waals surface area (Å²) in [6.45, 7) is 0.780. The number of nitrogens with one attached hydrogen (secondary N) is 2. The Morgan fingerprint density at radius 3 is 2.85 bits per heavy atom. The lowest BCUT2D eigenvalue weighted by Crippen LogP contribution is -2.33. The lowest BCUT2D eigenvalue weighted by Gasteiger charge is -2.01. The average Bonchev–Trinajstić information content (AvgIpc) is 2.10. The molecule has 0 aliphatic heterocycles. The molecule has 0 aliphatic carbocycles. The van der Waals surface area contributed by atoms with Crippen molar-refractivity contribution in [2.24, 2.45) is 5.73 Å². The van der Waals surface area contributed by atoms with Gasteiger partial charge in [0.1, 0.15) is 0 Å². The fourth-order valence-electron chi connectivity index (χ4n) is 0.679. The zero-order valence-electron chi connectivity index (χ0n) is 6.58. The van der Waals surface area contributed by atoms with Gasteiger partial charge in [-0.1, -0.05) is 0 Å². The van der Waals surface area contributed by atoms with E-state index in [9.17, 15) is 9.59 Å². The number of hydrogen-bond donors (Lipinski definition) is 3. The van der Waals surface area contributed by atoms with Crippen LogP contribution in [0.1, 0.15) is 0 Å². The van der Waals surface area contributed by atoms with Gasteiger partial charge in [0.25, 0.3) is 0 Å². The number of aromatic nitrogens is 3. The van der Waals surface area contributed by atoms with Crippen molar-refractivity contribution in [3.05, 3.63) is 21.0 Å². The first-order chi connectivity index (χ1) is 6.15. The van der Waals surface area contributed by atoms with Crippen LogP contribution in [0.2, 0.25) is 0 Å². The van der Waals surface area contributed by atoms with Crippen molar-refractivity contribution in [1.29, 1.82) is 0 Å². The van der Waals surface area contributed by atoms with Gasteiger partial charge in [0.2, 0.25) is 5.95 Å². The van der Waals surface area contributed by atoms with Crippen LogP contribution in [-0.4, -0.2) is 27.1 Å². The Morgan fingerprint density at radius 1 is 1.62 bits per heavy atom. The molecule has 0 atom stereocenters. The van der Waals surface area contributed by atoms with E-state index in [2.05, 4.69) is 15.3 Å². The smallest absolute Gasteiger partial charge is 0.354 e. The van der Waals surface area contributed by atoms with Crippen LogP contribution >= 0.6 is 11.8 Å². The molecule has 0 aromatic carbocycles. The van der Waals surface area contributed by atoms with E-state index in [0.29, 0.717) is 17.2 Å². The highest BCUT2D eigenvalue weighted by Crippen LogP contribution is 1.86. The number of hydrogen-bond acceptors (Lipinski definition) is 5. The summed E-state index contributed by atoms with van der Waals surface area (Å²) in [5.41, 5.74) is 3.63. The van der Waals surface area contributed by atoms with E-state index in [-0.39, 0.29) is 5.95 Å². The first-order valence-electron chi connectivity index (χ1n) is 3.48. The largest absolute Gasteiger partial charge is 0.370 e. The molecule has 0 spiro atoms. The third-order valence-corrected chi connectivity index (χ3v) is 1.51. The summed E-state index contributed by atoms with van der Waals surface area (Å²) >= 11 is 5.23. The molecule has 7 nitrogen and oxygen atoms in total. The first-order valence-corrected chi connectivity index (χ1v) is 3.82. The Hall–Kier alpha value is -1.34. The average molecular weight is 206 g/mol. The molecule has 1 rings (SSSR count). The third kappa shape index (κ3) is 2.30. The summed E-state index contributed by atoms with van der Waals surface area (Å²) < 4.78 is 0.355. The molecule has 8 heteroatoms. The highest BCUT2D eigenvalue weighted by atomic mass is 35.5. The van der Waals surface area contributed by atoms with Gasteiger partial charge in [0.05, 0.1) is 0 Å². The summed E-state index contributed by atoms with van der Waals surface area (Å²) in [5, 5.41) is 2.64. The van der Waals surface area contributed by atoms with E-state index in [0.717, 1.165) is 0 Å². The fraction of sp³-hybridized carbons (Fsp3) is 0.400. The second-order valence-electron chi connectivity index (χ2n) is 2.17. The Morgan fingerprint density at radius 2 is 2.31 bits per heavy atom. The molecule has 0 unspecified atom stereocenters.